The first kappa shape index (κ1) is 22.3. The number of aromatic nitrogens is 1. The molecule has 1 saturated heterocycles. The molecular formula is C27H33N3O2. The van der Waals surface area contributed by atoms with E-state index in [2.05, 4.69) is 72.6 Å². The number of nitrogens with one attached hydrogen (secondary N) is 1. The van der Waals surface area contributed by atoms with E-state index in [0.29, 0.717) is 19.0 Å². The molecule has 1 fully saturated rings. The molecule has 0 spiro atoms. The summed E-state index contributed by atoms with van der Waals surface area (Å²) in [6.07, 6.45) is 2.97. The molecule has 5 heteroatoms. The molecule has 2 heterocycles. The van der Waals surface area contributed by atoms with E-state index in [1.165, 1.54) is 11.1 Å². The number of hydrogen-bond donors (Lipinski definition) is 1. The molecule has 2 aromatic carbocycles. The normalized spacial score (nSPS) is 16.8. The van der Waals surface area contributed by atoms with Crippen LogP contribution in [0.15, 0.2) is 52.9 Å². The second kappa shape index (κ2) is 10.1. The number of carbonyl (C=O) groups excluding carboxylic acids is 1. The van der Waals surface area contributed by atoms with Crippen molar-refractivity contribution < 1.29 is 9.21 Å². The van der Waals surface area contributed by atoms with E-state index in [-0.39, 0.29) is 11.8 Å². The second-order valence-electron chi connectivity index (χ2n) is 8.85. The number of likely N-dealkylation sites (tertiary alicyclic amines) is 1. The van der Waals surface area contributed by atoms with Gasteiger partial charge >= 0.3 is 0 Å². The first-order chi connectivity index (χ1) is 15.5. The fourth-order valence-corrected chi connectivity index (χ4v) is 4.25. The molecule has 0 radical (unpaired) electrons. The summed E-state index contributed by atoms with van der Waals surface area (Å²) in [5, 5.41) is 3.12. The lowest BCUT2D eigenvalue weighted by Gasteiger charge is -2.31. The molecule has 0 saturated carbocycles. The van der Waals surface area contributed by atoms with E-state index in [1.807, 2.05) is 6.92 Å². The lowest BCUT2D eigenvalue weighted by atomic mass is 9.97. The van der Waals surface area contributed by atoms with Gasteiger partial charge in [0.1, 0.15) is 5.76 Å². The highest BCUT2D eigenvalue weighted by Gasteiger charge is 2.27. The van der Waals surface area contributed by atoms with Gasteiger partial charge in [-0.15, -0.1) is 0 Å². The van der Waals surface area contributed by atoms with Crippen LogP contribution in [0.3, 0.4) is 0 Å². The highest BCUT2D eigenvalue weighted by atomic mass is 16.4. The Morgan fingerprint density at radius 3 is 2.53 bits per heavy atom. The number of carbonyl (C=O) groups is 1. The van der Waals surface area contributed by atoms with E-state index < -0.39 is 0 Å². The Morgan fingerprint density at radius 1 is 1.09 bits per heavy atom. The van der Waals surface area contributed by atoms with Gasteiger partial charge in [0, 0.05) is 25.2 Å². The Morgan fingerprint density at radius 2 is 1.81 bits per heavy atom. The summed E-state index contributed by atoms with van der Waals surface area (Å²) < 4.78 is 5.97. The van der Waals surface area contributed by atoms with Gasteiger partial charge in [0.05, 0.1) is 11.6 Å². The van der Waals surface area contributed by atoms with Crippen LogP contribution in [0.2, 0.25) is 0 Å². The fourth-order valence-electron chi connectivity index (χ4n) is 4.25. The van der Waals surface area contributed by atoms with Crippen LogP contribution in [-0.2, 0) is 24.3 Å². The van der Waals surface area contributed by atoms with Crippen LogP contribution in [0.4, 0.5) is 0 Å². The molecule has 1 amide bonds. The molecule has 1 aliphatic rings. The van der Waals surface area contributed by atoms with Crippen molar-refractivity contribution in [2.24, 2.45) is 5.92 Å². The minimum Gasteiger partial charge on any atom is -0.441 e. The summed E-state index contributed by atoms with van der Waals surface area (Å²) in [6, 6.07) is 16.7. The Labute approximate surface area is 190 Å². The molecule has 5 nitrogen and oxygen atoms in total. The Kier molecular flexibility index (Phi) is 7.05. The first-order valence-corrected chi connectivity index (χ1v) is 11.6. The largest absolute Gasteiger partial charge is 0.441 e. The SMILES string of the molecule is CCc1ccc(-c2nc(CN3CCC[C@H](C(=O)NCc4ccc(C)cc4)C3)c(C)o2)cc1. The number of oxazole rings is 1. The minimum absolute atomic E-state index is 0.0162. The predicted molar refractivity (Wildman–Crippen MR) is 127 cm³/mol. The summed E-state index contributed by atoms with van der Waals surface area (Å²) in [7, 11) is 0. The number of aryl methyl sites for hydroxylation is 3. The van der Waals surface area contributed by atoms with E-state index >= 15 is 0 Å². The van der Waals surface area contributed by atoms with Crippen molar-refractivity contribution in [3.05, 3.63) is 76.7 Å². The molecule has 1 atom stereocenters. The van der Waals surface area contributed by atoms with E-state index in [4.69, 9.17) is 9.40 Å². The van der Waals surface area contributed by atoms with Crippen LogP contribution in [-0.4, -0.2) is 28.9 Å². The molecule has 0 unspecified atom stereocenters. The van der Waals surface area contributed by atoms with Gasteiger partial charge in [-0.05, 0) is 62.9 Å². The van der Waals surface area contributed by atoms with Crippen molar-refractivity contribution in [3.63, 3.8) is 0 Å². The minimum atomic E-state index is 0.0162. The average molecular weight is 432 g/mol. The van der Waals surface area contributed by atoms with E-state index in [1.54, 1.807) is 0 Å². The summed E-state index contributed by atoms with van der Waals surface area (Å²) >= 11 is 0. The number of amides is 1. The molecule has 168 valence electrons. The maximum absolute atomic E-state index is 12.8. The molecule has 1 aliphatic heterocycles. The highest BCUT2D eigenvalue weighted by molar-refractivity contribution is 5.79. The highest BCUT2D eigenvalue weighted by Crippen LogP contribution is 2.25. The topological polar surface area (TPSA) is 58.4 Å². The van der Waals surface area contributed by atoms with Crippen LogP contribution >= 0.6 is 0 Å². The van der Waals surface area contributed by atoms with Crippen LogP contribution in [0, 0.1) is 19.8 Å². The van der Waals surface area contributed by atoms with Gasteiger partial charge in [0.2, 0.25) is 11.8 Å². The molecule has 0 aliphatic carbocycles. The lowest BCUT2D eigenvalue weighted by molar-refractivity contribution is -0.127. The van der Waals surface area contributed by atoms with Crippen molar-refractivity contribution in [1.29, 1.82) is 0 Å². The van der Waals surface area contributed by atoms with Gasteiger partial charge < -0.3 is 9.73 Å². The second-order valence-corrected chi connectivity index (χ2v) is 8.85. The molecule has 1 aromatic heterocycles. The van der Waals surface area contributed by atoms with E-state index in [0.717, 1.165) is 54.9 Å². The van der Waals surface area contributed by atoms with Crippen molar-refractivity contribution in [2.75, 3.05) is 13.1 Å². The maximum atomic E-state index is 12.8. The van der Waals surface area contributed by atoms with Crippen LogP contribution < -0.4 is 5.32 Å². The summed E-state index contributed by atoms with van der Waals surface area (Å²) in [4.78, 5) is 19.9. The van der Waals surface area contributed by atoms with Crippen LogP contribution in [0.25, 0.3) is 11.5 Å². The zero-order valence-corrected chi connectivity index (χ0v) is 19.4. The standard InChI is InChI=1S/C27H33N3O2/c1-4-21-11-13-23(14-12-21)27-29-25(20(3)32-27)18-30-15-5-6-24(17-30)26(31)28-16-22-9-7-19(2)8-10-22/h7-14,24H,4-6,15-18H2,1-3H3,(H,28,31)/t24-/m0/s1. The Hall–Kier alpha value is -2.92. The molecular weight excluding hydrogens is 398 g/mol. The van der Waals surface area contributed by atoms with Crippen molar-refractivity contribution in [2.45, 2.75) is 53.1 Å². The Balaban J connectivity index is 1.34. The molecule has 4 rings (SSSR count). The van der Waals surface area contributed by atoms with Crippen molar-refractivity contribution in [1.82, 2.24) is 15.2 Å². The first-order valence-electron chi connectivity index (χ1n) is 11.6. The van der Waals surface area contributed by atoms with E-state index in [9.17, 15) is 4.79 Å². The van der Waals surface area contributed by atoms with Crippen molar-refractivity contribution >= 4 is 5.91 Å². The molecule has 0 bridgehead atoms. The van der Waals surface area contributed by atoms with Crippen molar-refractivity contribution in [3.8, 4) is 11.5 Å². The third kappa shape index (κ3) is 5.46. The van der Waals surface area contributed by atoms with Gasteiger partial charge in [-0.1, -0.05) is 48.9 Å². The predicted octanol–water partition coefficient (Wildman–Crippen LogP) is 5.05. The number of piperidine rings is 1. The maximum Gasteiger partial charge on any atom is 0.226 e. The quantitative estimate of drug-likeness (QED) is 0.569. The van der Waals surface area contributed by atoms with Gasteiger partial charge in [-0.2, -0.15) is 0 Å². The third-order valence-electron chi connectivity index (χ3n) is 6.34. The van der Waals surface area contributed by atoms with Gasteiger partial charge in [-0.3, -0.25) is 9.69 Å². The summed E-state index contributed by atoms with van der Waals surface area (Å²) in [5.41, 5.74) is 5.63. The Bertz CT molecular complexity index is 1040. The van der Waals surface area contributed by atoms with Gasteiger partial charge in [0.25, 0.3) is 0 Å². The smallest absolute Gasteiger partial charge is 0.226 e. The summed E-state index contributed by atoms with van der Waals surface area (Å²) in [5.74, 6) is 1.68. The molecule has 32 heavy (non-hydrogen) atoms. The fraction of sp³-hybridized carbons (Fsp3) is 0.407. The summed E-state index contributed by atoms with van der Waals surface area (Å²) in [6.45, 7) is 9.23. The number of rotatable bonds is 7. The number of nitrogens with zero attached hydrogens (tertiary/aromatic N) is 2. The third-order valence-corrected chi connectivity index (χ3v) is 6.34. The molecule has 1 N–H and O–H groups in total. The van der Waals surface area contributed by atoms with Gasteiger partial charge in [0.15, 0.2) is 0 Å². The zero-order chi connectivity index (χ0) is 22.5. The average Bonchev–Trinajstić information content (AvgIpc) is 3.18. The van der Waals surface area contributed by atoms with Crippen LogP contribution in [0.1, 0.15) is 47.9 Å². The zero-order valence-electron chi connectivity index (χ0n) is 19.4. The monoisotopic (exact) mass is 431 g/mol. The lowest BCUT2D eigenvalue weighted by Crippen LogP contribution is -2.42. The number of benzene rings is 2. The number of hydrogen-bond acceptors (Lipinski definition) is 4. The van der Waals surface area contributed by atoms with Crippen LogP contribution in [0.5, 0.6) is 0 Å². The van der Waals surface area contributed by atoms with Gasteiger partial charge in [-0.25, -0.2) is 4.98 Å². The molecule has 3 aromatic rings.